The van der Waals surface area contributed by atoms with Crippen LogP contribution in [0.15, 0.2) is 174 Å². The molecule has 0 amide bonds. The van der Waals surface area contributed by atoms with Gasteiger partial charge in [-0.3, -0.25) is 9.59 Å². The van der Waals surface area contributed by atoms with Crippen molar-refractivity contribution >= 4 is 33.7 Å². The number of fused-ring (bicyclic) bond motifs is 2. The number of nitrogens with zero attached hydrogens (tertiary/aromatic N) is 2. The van der Waals surface area contributed by atoms with E-state index < -0.39 is 34.4 Å². The lowest BCUT2D eigenvalue weighted by Gasteiger charge is -2.18. The molecule has 394 valence electrons. The van der Waals surface area contributed by atoms with Gasteiger partial charge in [0, 0.05) is 23.5 Å². The minimum absolute atomic E-state index is 0.0188. The molecule has 77 heavy (non-hydrogen) atoms. The fraction of sp³-hybridized carbons (Fsp3) is 0.180. The van der Waals surface area contributed by atoms with E-state index in [9.17, 15) is 24.3 Å². The van der Waals surface area contributed by atoms with E-state index in [0.717, 1.165) is 5.56 Å². The predicted molar refractivity (Wildman–Crippen MR) is 288 cm³/mol. The van der Waals surface area contributed by atoms with Gasteiger partial charge in [0.2, 0.25) is 0 Å². The Morgan fingerprint density at radius 1 is 0.506 bits per heavy atom. The molecule has 0 saturated carbocycles. The highest BCUT2D eigenvalue weighted by molar-refractivity contribution is 5.92. The van der Waals surface area contributed by atoms with Crippen molar-refractivity contribution in [3.8, 4) is 56.8 Å². The molecule has 2 aromatic heterocycles. The summed E-state index contributed by atoms with van der Waals surface area (Å²) >= 11 is 0. The topological polar surface area (TPSA) is 163 Å². The molecule has 0 atom stereocenters. The summed E-state index contributed by atoms with van der Waals surface area (Å²) in [5.74, 6) is -0.145. The first kappa shape index (κ1) is 53.8. The number of pyridine rings is 2. The van der Waals surface area contributed by atoms with Crippen molar-refractivity contribution in [3.05, 3.63) is 213 Å². The van der Waals surface area contributed by atoms with Gasteiger partial charge in [-0.1, -0.05) is 68.4 Å². The number of carbonyl (C=O) groups excluding carboxylic acids is 2. The van der Waals surface area contributed by atoms with Crippen LogP contribution in [0, 0.1) is 11.6 Å². The third-order valence-corrected chi connectivity index (χ3v) is 12.1. The molecule has 9 aromatic rings. The summed E-state index contributed by atoms with van der Waals surface area (Å²) in [4.78, 5) is 52.5. The average Bonchev–Trinajstić information content (AvgIpc) is 3.48. The van der Waals surface area contributed by atoms with Crippen molar-refractivity contribution in [3.63, 3.8) is 0 Å². The molecule has 0 fully saturated rings. The molecule has 14 nitrogen and oxygen atoms in total. The number of phenolic OH excluding ortho intramolecular Hbond substituents is 1. The van der Waals surface area contributed by atoms with E-state index in [1.54, 1.807) is 86.1 Å². The molecule has 0 radical (unpaired) electrons. The van der Waals surface area contributed by atoms with Crippen LogP contribution in [0.2, 0.25) is 0 Å². The number of benzene rings is 7. The number of aromatic hydroxyl groups is 1. The van der Waals surface area contributed by atoms with Gasteiger partial charge < -0.3 is 47.4 Å². The Morgan fingerprint density at radius 2 is 0.922 bits per heavy atom. The quantitative estimate of drug-likeness (QED) is 0.0764. The lowest BCUT2D eigenvalue weighted by Crippen LogP contribution is -2.17. The highest BCUT2D eigenvalue weighted by atomic mass is 19.1. The molecule has 0 aliphatic rings. The number of ether oxygens (including phenoxy) is 7. The van der Waals surface area contributed by atoms with Crippen LogP contribution in [0.1, 0.15) is 53.0 Å². The van der Waals surface area contributed by atoms with Crippen molar-refractivity contribution < 1.29 is 56.6 Å². The van der Waals surface area contributed by atoms with Crippen molar-refractivity contribution in [1.29, 1.82) is 0 Å². The molecular weight excluding hydrogens is 991 g/mol. The van der Waals surface area contributed by atoms with E-state index >= 15 is 8.78 Å². The summed E-state index contributed by atoms with van der Waals surface area (Å²) in [5.41, 5.74) is 2.57. The summed E-state index contributed by atoms with van der Waals surface area (Å²) in [6.07, 6.45) is 4.50. The first-order valence-electron chi connectivity index (χ1n) is 24.6. The first-order chi connectivity index (χ1) is 37.4. The van der Waals surface area contributed by atoms with Gasteiger partial charge in [0.25, 0.3) is 0 Å². The van der Waals surface area contributed by atoms with Crippen molar-refractivity contribution in [1.82, 2.24) is 9.13 Å². The number of methoxy groups -OCH3 is 2. The van der Waals surface area contributed by atoms with Crippen LogP contribution < -0.4 is 34.5 Å². The molecule has 9 rings (SSSR count). The van der Waals surface area contributed by atoms with Crippen molar-refractivity contribution in [2.45, 2.75) is 46.8 Å². The zero-order valence-corrected chi connectivity index (χ0v) is 42.6. The number of carbonyl (C=O) groups is 2. The second kappa shape index (κ2) is 25.2. The van der Waals surface area contributed by atoms with Gasteiger partial charge in [-0.15, -0.1) is 0 Å². The third kappa shape index (κ3) is 12.7. The zero-order valence-electron chi connectivity index (χ0n) is 42.6. The van der Waals surface area contributed by atoms with E-state index in [4.69, 9.17) is 33.2 Å². The summed E-state index contributed by atoms with van der Waals surface area (Å²) in [6, 6.07) is 41.0. The number of aromatic nitrogens is 2. The van der Waals surface area contributed by atoms with Crippen LogP contribution in [-0.4, -0.2) is 53.6 Å². The van der Waals surface area contributed by atoms with E-state index in [2.05, 4.69) is 0 Å². The van der Waals surface area contributed by atoms with E-state index in [1.165, 1.54) is 71.0 Å². The van der Waals surface area contributed by atoms with Crippen LogP contribution in [0.3, 0.4) is 0 Å². The summed E-state index contributed by atoms with van der Waals surface area (Å²) in [6.45, 7) is 4.43. The summed E-state index contributed by atoms with van der Waals surface area (Å²) in [5, 5.41) is 9.14. The molecule has 7 aromatic carbocycles. The lowest BCUT2D eigenvalue weighted by atomic mass is 10.0. The molecular formula is C61H54F2N2O12. The smallest absolute Gasteiger partial charge is 0.339 e. The molecule has 0 spiro atoms. The molecule has 0 saturated heterocycles. The Bertz CT molecular complexity index is 3620. The molecule has 2 heterocycles. The van der Waals surface area contributed by atoms with Gasteiger partial charge in [-0.05, 0) is 127 Å². The summed E-state index contributed by atoms with van der Waals surface area (Å²) < 4.78 is 72.2. The van der Waals surface area contributed by atoms with Crippen LogP contribution in [0.4, 0.5) is 8.78 Å². The van der Waals surface area contributed by atoms with Crippen LogP contribution in [0.25, 0.3) is 44.1 Å². The molecule has 0 bridgehead atoms. The fourth-order valence-corrected chi connectivity index (χ4v) is 8.19. The highest BCUT2D eigenvalue weighted by Crippen LogP contribution is 2.32. The normalized spacial score (nSPS) is 10.8. The number of rotatable bonds is 19. The zero-order chi connectivity index (χ0) is 54.4. The number of hydrogen-bond acceptors (Lipinski definition) is 12. The lowest BCUT2D eigenvalue weighted by molar-refractivity contribution is 0.0369. The highest BCUT2D eigenvalue weighted by Gasteiger charge is 2.22. The van der Waals surface area contributed by atoms with Gasteiger partial charge in [-0.25, -0.2) is 18.4 Å². The molecule has 0 aliphatic carbocycles. The maximum Gasteiger partial charge on any atom is 0.339 e. The predicted octanol–water partition coefficient (Wildman–Crippen LogP) is 12.1. The molecule has 16 heteroatoms. The molecule has 0 aliphatic heterocycles. The SMILES string of the molecule is CCCOc1ccc(F)c2c(=O)c(-c3ccc(OC)cc3)cn(COC(=O)c3ccc(O)cc3)c12.CCCOc1ccc(F)c2c(=O)c(-c3ccc(OC)cc3)cn(COC(=O)c3ccc(OCc4ccccc4)cc3)c12. The third-order valence-electron chi connectivity index (χ3n) is 12.1. The Kier molecular flexibility index (Phi) is 17.6. The molecule has 1 N–H and O–H groups in total. The second-order valence-electron chi connectivity index (χ2n) is 17.3. The van der Waals surface area contributed by atoms with E-state index in [-0.39, 0.29) is 57.7 Å². The van der Waals surface area contributed by atoms with E-state index in [0.29, 0.717) is 78.1 Å². The Morgan fingerprint density at radius 3 is 1.34 bits per heavy atom. The summed E-state index contributed by atoms with van der Waals surface area (Å²) in [7, 11) is 3.08. The van der Waals surface area contributed by atoms with Crippen LogP contribution in [0.5, 0.6) is 34.5 Å². The van der Waals surface area contributed by atoms with Gasteiger partial charge in [0.05, 0.1) is 49.3 Å². The maximum absolute atomic E-state index is 15.2. The first-order valence-corrected chi connectivity index (χ1v) is 24.6. The van der Waals surface area contributed by atoms with Crippen molar-refractivity contribution in [2.75, 3.05) is 27.4 Å². The minimum Gasteiger partial charge on any atom is -0.508 e. The van der Waals surface area contributed by atoms with Gasteiger partial charge in [-0.2, -0.15) is 0 Å². The monoisotopic (exact) mass is 1040 g/mol. The Labute approximate surface area is 441 Å². The van der Waals surface area contributed by atoms with Crippen LogP contribution >= 0.6 is 0 Å². The van der Waals surface area contributed by atoms with Gasteiger partial charge >= 0.3 is 11.9 Å². The fourth-order valence-electron chi connectivity index (χ4n) is 8.19. The maximum atomic E-state index is 15.2. The largest absolute Gasteiger partial charge is 0.508 e. The Hall–Kier alpha value is -9.44. The number of phenols is 1. The Balaban J connectivity index is 0.000000207. The van der Waals surface area contributed by atoms with Gasteiger partial charge in [0.1, 0.15) is 63.8 Å². The average molecular weight is 1050 g/mol. The standard InChI is InChI=1S/C34H30FNO6.C27H24FNO6/c1-3-19-40-30-18-17-29(35)31-32(30)36(20-28(33(31)37)24-9-13-26(39-2)14-10-24)22-42-34(38)25-11-15-27(16-12-25)41-21-23-7-5-4-6-8-23;1-3-14-34-23-13-12-22(28)24-25(23)29(16-35-27(32)18-4-8-19(30)9-5-18)15-21(26(24)31)17-6-10-20(33-2)11-7-17/h4-18,20H,3,19,21-22H2,1-2H3;4-13,15,30H,3,14,16H2,1-2H3. The number of hydrogen-bond donors (Lipinski definition) is 1. The minimum atomic E-state index is -0.706. The van der Waals surface area contributed by atoms with Crippen LogP contribution in [-0.2, 0) is 29.5 Å². The molecule has 0 unspecified atom stereocenters. The van der Waals surface area contributed by atoms with Gasteiger partial charge in [0.15, 0.2) is 24.3 Å². The van der Waals surface area contributed by atoms with E-state index in [1.807, 2.05) is 44.2 Å². The second-order valence-corrected chi connectivity index (χ2v) is 17.3. The number of esters is 2. The van der Waals surface area contributed by atoms with Crippen molar-refractivity contribution in [2.24, 2.45) is 0 Å². The number of halogens is 2.